The van der Waals surface area contributed by atoms with Crippen LogP contribution >= 0.6 is 0 Å². The summed E-state index contributed by atoms with van der Waals surface area (Å²) in [6, 6.07) is 3.48. The Balaban J connectivity index is 1.46. The van der Waals surface area contributed by atoms with E-state index in [1.807, 2.05) is 20.0 Å². The van der Waals surface area contributed by atoms with E-state index in [0.717, 1.165) is 35.5 Å². The lowest BCUT2D eigenvalue weighted by Crippen LogP contribution is -2.60. The maximum Gasteiger partial charge on any atom is 0.228 e. The van der Waals surface area contributed by atoms with E-state index in [2.05, 4.69) is 30.7 Å². The zero-order valence-corrected chi connectivity index (χ0v) is 20.3. The first-order valence-electron chi connectivity index (χ1n) is 13.3. The van der Waals surface area contributed by atoms with Crippen molar-refractivity contribution < 1.29 is 18.4 Å². The summed E-state index contributed by atoms with van der Waals surface area (Å²) in [7, 11) is 3.71. The Hall–Kier alpha value is -3.86. The van der Waals surface area contributed by atoms with Gasteiger partial charge in [-0.15, -0.1) is 0 Å². The minimum atomic E-state index is -2.45. The van der Waals surface area contributed by atoms with Crippen molar-refractivity contribution in [3.8, 4) is 11.3 Å². The molecular formula is C25H28N8O3. The van der Waals surface area contributed by atoms with Crippen LogP contribution in [0.25, 0.3) is 11.3 Å². The highest BCUT2D eigenvalue weighted by atomic mass is 16.5. The lowest BCUT2D eigenvalue weighted by molar-refractivity contribution is -0.117. The Labute approximate surface area is 212 Å². The molecule has 0 radical (unpaired) electrons. The maximum atomic E-state index is 13.1. The fraction of sp³-hybridized carbons (Fsp3) is 0.440. The topological polar surface area (TPSA) is 127 Å². The van der Waals surface area contributed by atoms with E-state index >= 15 is 0 Å². The lowest BCUT2D eigenvalue weighted by Gasteiger charge is -2.50. The quantitative estimate of drug-likeness (QED) is 0.500. The first-order chi connectivity index (χ1) is 18.4. The number of ether oxygens (including phenoxy) is 1. The summed E-state index contributed by atoms with van der Waals surface area (Å²) in [5.41, 5.74) is 3.68. The van der Waals surface area contributed by atoms with Crippen LogP contribution in [0.15, 0.2) is 18.3 Å². The Kier molecular flexibility index (Phi) is 4.35. The van der Waals surface area contributed by atoms with Crippen molar-refractivity contribution in [1.82, 2.24) is 25.0 Å². The molecule has 1 aliphatic carbocycles. The van der Waals surface area contributed by atoms with Crippen LogP contribution < -0.4 is 15.5 Å². The number of nitrogens with zero attached hydrogens (tertiary/aromatic N) is 6. The number of Topliss-reactive ketones (excluding diaryl/α,β-unsaturated/α-hetero) is 1. The number of hydrogen-bond acceptors (Lipinski definition) is 9. The van der Waals surface area contributed by atoms with E-state index in [0.29, 0.717) is 30.4 Å². The number of amides is 1. The summed E-state index contributed by atoms with van der Waals surface area (Å²) >= 11 is 0. The fourth-order valence-corrected chi connectivity index (χ4v) is 4.82. The molecule has 6 rings (SSSR count). The van der Waals surface area contributed by atoms with E-state index in [9.17, 15) is 9.59 Å². The number of carbonyl (C=O) groups excluding carboxylic acids is 2. The molecule has 1 spiro atoms. The summed E-state index contributed by atoms with van der Waals surface area (Å²) in [6.45, 7) is 0.258. The molecule has 2 aliphatic heterocycles. The van der Waals surface area contributed by atoms with Crippen LogP contribution in [0.4, 0.5) is 23.0 Å². The van der Waals surface area contributed by atoms with Gasteiger partial charge in [0.2, 0.25) is 5.91 Å². The molecule has 11 nitrogen and oxygen atoms in total. The zero-order chi connectivity index (χ0) is 27.7. The maximum absolute atomic E-state index is 13.1. The van der Waals surface area contributed by atoms with Crippen LogP contribution in [-0.4, -0.2) is 56.9 Å². The monoisotopic (exact) mass is 491 g/mol. The van der Waals surface area contributed by atoms with Crippen molar-refractivity contribution in [2.45, 2.75) is 38.6 Å². The number of anilines is 4. The van der Waals surface area contributed by atoms with Crippen LogP contribution in [-0.2, 0) is 22.1 Å². The summed E-state index contributed by atoms with van der Waals surface area (Å²) in [5, 5.41) is 15.4. The first kappa shape index (κ1) is 19.3. The van der Waals surface area contributed by atoms with E-state index in [4.69, 9.17) is 13.8 Å². The van der Waals surface area contributed by atoms with Gasteiger partial charge < -0.3 is 20.3 Å². The molecule has 0 bridgehead atoms. The smallest absolute Gasteiger partial charge is 0.228 e. The van der Waals surface area contributed by atoms with Gasteiger partial charge in [-0.2, -0.15) is 15.0 Å². The number of likely N-dealkylation sites (N-methyl/N-ethyl adjacent to an activating group) is 1. The molecular weight excluding hydrogens is 460 g/mol. The average Bonchev–Trinajstić information content (AvgIpc) is 3.58. The number of carbonyl (C=O) groups is 2. The van der Waals surface area contributed by atoms with Gasteiger partial charge in [0.1, 0.15) is 22.7 Å². The number of rotatable bonds is 6. The van der Waals surface area contributed by atoms with Gasteiger partial charge >= 0.3 is 0 Å². The minimum Gasteiger partial charge on any atom is -0.376 e. The minimum absolute atomic E-state index is 0.0405. The average molecular weight is 492 g/mol. The van der Waals surface area contributed by atoms with Crippen molar-refractivity contribution in [2.75, 3.05) is 35.8 Å². The Bertz CT molecular complexity index is 1510. The SMILES string of the molecule is [2H]C([2H])([2H])CC(=O)c1cnc(NC(=O)C2CC2)cc1Nc1nc(C)cc2c1N(C)C1(COC1)c1nn(C)nc1-2. The molecule has 3 aromatic heterocycles. The van der Waals surface area contributed by atoms with E-state index in [1.165, 1.54) is 6.20 Å². The molecule has 2 N–H and O–H groups in total. The zero-order valence-electron chi connectivity index (χ0n) is 23.3. The number of fused-ring (bicyclic) bond motifs is 4. The summed E-state index contributed by atoms with van der Waals surface area (Å²) in [6.07, 6.45) is 2.30. The second kappa shape index (κ2) is 8.09. The highest BCUT2D eigenvalue weighted by Gasteiger charge is 2.53. The molecule has 3 aromatic rings. The molecule has 5 heterocycles. The largest absolute Gasteiger partial charge is 0.376 e. The molecule has 0 atom stereocenters. The highest BCUT2D eigenvalue weighted by Crippen LogP contribution is 2.51. The normalized spacial score (nSPS) is 18.9. The lowest BCUT2D eigenvalue weighted by atomic mass is 9.83. The highest BCUT2D eigenvalue weighted by molar-refractivity contribution is 6.03. The second-order valence-corrected chi connectivity index (χ2v) is 9.58. The third kappa shape index (κ3) is 3.45. The van der Waals surface area contributed by atoms with Crippen LogP contribution in [0.1, 0.15) is 52.0 Å². The van der Waals surface area contributed by atoms with Crippen molar-refractivity contribution in [1.29, 1.82) is 0 Å². The van der Waals surface area contributed by atoms with Crippen molar-refractivity contribution in [3.05, 3.63) is 35.3 Å². The number of pyridine rings is 2. The first-order valence-corrected chi connectivity index (χ1v) is 11.8. The molecule has 186 valence electrons. The summed E-state index contributed by atoms with van der Waals surface area (Å²) in [4.78, 5) is 38.1. The molecule has 3 aliphatic rings. The van der Waals surface area contributed by atoms with E-state index in [1.54, 1.807) is 17.9 Å². The van der Waals surface area contributed by atoms with Crippen molar-refractivity contribution in [2.24, 2.45) is 13.0 Å². The van der Waals surface area contributed by atoms with E-state index < -0.39 is 24.6 Å². The molecule has 11 heteroatoms. The second-order valence-electron chi connectivity index (χ2n) is 9.58. The van der Waals surface area contributed by atoms with Crippen LogP contribution in [0.2, 0.25) is 0 Å². The summed E-state index contributed by atoms with van der Waals surface area (Å²) < 4.78 is 28.4. The predicted molar refractivity (Wildman–Crippen MR) is 133 cm³/mol. The fourth-order valence-electron chi connectivity index (χ4n) is 4.82. The van der Waals surface area contributed by atoms with Crippen molar-refractivity contribution >= 4 is 34.7 Å². The van der Waals surface area contributed by atoms with Crippen molar-refractivity contribution in [3.63, 3.8) is 0 Å². The molecule has 1 amide bonds. The summed E-state index contributed by atoms with van der Waals surface area (Å²) in [5.74, 6) is -0.0670. The Morgan fingerprint density at radius 2 is 2.06 bits per heavy atom. The van der Waals surface area contributed by atoms with E-state index in [-0.39, 0.29) is 23.2 Å². The number of aryl methyl sites for hydroxylation is 2. The van der Waals surface area contributed by atoms with Gasteiger partial charge in [0.15, 0.2) is 11.6 Å². The van der Waals surface area contributed by atoms with Gasteiger partial charge in [-0.25, -0.2) is 9.97 Å². The third-order valence-corrected chi connectivity index (χ3v) is 7.01. The van der Waals surface area contributed by atoms with Gasteiger partial charge in [-0.3, -0.25) is 9.59 Å². The van der Waals surface area contributed by atoms with Gasteiger partial charge in [0.25, 0.3) is 0 Å². The number of ketones is 1. The molecule has 0 unspecified atom stereocenters. The number of hydrogen-bond donors (Lipinski definition) is 2. The standard InChI is InChI=1S/C25H28N8O3/c1-5-18(34)16-10-26-19(29-24(35)14-6-7-14)9-17(16)28-23-21-15(8-13(2)27-23)20-22(31-33(4)30-20)25(32(21)3)11-36-12-25/h8-10,14H,5-7,11-12H2,1-4H3,(H2,26,27,28,29,35)/i1D3. The van der Waals surface area contributed by atoms with Gasteiger partial charge in [0, 0.05) is 54.1 Å². The van der Waals surface area contributed by atoms with Crippen LogP contribution in [0.3, 0.4) is 0 Å². The van der Waals surface area contributed by atoms with Crippen LogP contribution in [0, 0.1) is 12.8 Å². The predicted octanol–water partition coefficient (Wildman–Crippen LogP) is 2.94. The number of aromatic nitrogens is 5. The Morgan fingerprint density at radius 1 is 1.25 bits per heavy atom. The van der Waals surface area contributed by atoms with Crippen LogP contribution in [0.5, 0.6) is 0 Å². The molecule has 36 heavy (non-hydrogen) atoms. The Morgan fingerprint density at radius 3 is 2.75 bits per heavy atom. The van der Waals surface area contributed by atoms with Gasteiger partial charge in [-0.1, -0.05) is 6.85 Å². The van der Waals surface area contributed by atoms with Gasteiger partial charge in [0.05, 0.1) is 30.2 Å². The number of nitrogens with one attached hydrogen (secondary N) is 2. The molecule has 0 aromatic carbocycles. The van der Waals surface area contributed by atoms with Gasteiger partial charge in [-0.05, 0) is 25.8 Å². The molecule has 2 fully saturated rings. The molecule has 1 saturated heterocycles. The molecule has 1 saturated carbocycles. The third-order valence-electron chi connectivity index (χ3n) is 7.01.